The van der Waals surface area contributed by atoms with E-state index >= 15 is 0 Å². The van der Waals surface area contributed by atoms with Crippen LogP contribution in [0.2, 0.25) is 5.15 Å². The minimum Gasteiger partial charge on any atom is -0.235 e. The first kappa shape index (κ1) is 10.5. The third kappa shape index (κ3) is 1.86. The van der Waals surface area contributed by atoms with E-state index in [4.69, 9.17) is 18.0 Å². The Hall–Kier alpha value is -1.04. The molecule has 0 atom stereocenters. The Labute approximate surface area is 98.1 Å². The number of terminal acetylenes is 1. The molecule has 0 aliphatic heterocycles. The van der Waals surface area contributed by atoms with Gasteiger partial charge in [0.1, 0.15) is 5.15 Å². The molecule has 2 heterocycles. The van der Waals surface area contributed by atoms with Crippen LogP contribution in [-0.4, -0.2) is 4.98 Å². The number of hydrogen-bond acceptors (Lipinski definition) is 2. The van der Waals surface area contributed by atoms with Crippen LogP contribution in [0.25, 0.3) is 10.2 Å². The van der Waals surface area contributed by atoms with Crippen molar-refractivity contribution in [1.29, 1.82) is 0 Å². The van der Waals surface area contributed by atoms with Gasteiger partial charge in [0.15, 0.2) is 0 Å². The van der Waals surface area contributed by atoms with Gasteiger partial charge in [0.2, 0.25) is 0 Å². The van der Waals surface area contributed by atoms with E-state index in [0.717, 1.165) is 15.1 Å². The van der Waals surface area contributed by atoms with Crippen LogP contribution in [-0.2, 0) is 5.41 Å². The summed E-state index contributed by atoms with van der Waals surface area (Å²) < 4.78 is 1.12. The molecule has 76 valence electrons. The van der Waals surface area contributed by atoms with E-state index in [1.54, 1.807) is 17.4 Å². The summed E-state index contributed by atoms with van der Waals surface area (Å²) in [4.78, 5) is 5.40. The highest BCUT2D eigenvalue weighted by Gasteiger charge is 2.20. The maximum atomic E-state index is 5.83. The molecular formula is C12H10ClNS. The maximum Gasteiger partial charge on any atom is 0.129 e. The molecule has 3 heteroatoms. The zero-order chi connectivity index (χ0) is 11.1. The second kappa shape index (κ2) is 3.52. The number of aromatic nitrogens is 1. The number of nitrogens with zero attached hydrogens (tertiary/aromatic N) is 1. The van der Waals surface area contributed by atoms with Gasteiger partial charge in [-0.05, 0) is 32.0 Å². The van der Waals surface area contributed by atoms with Gasteiger partial charge >= 0.3 is 0 Å². The van der Waals surface area contributed by atoms with E-state index in [0.29, 0.717) is 5.15 Å². The molecule has 0 aromatic carbocycles. The van der Waals surface area contributed by atoms with Crippen LogP contribution in [0.4, 0.5) is 0 Å². The fourth-order valence-corrected chi connectivity index (χ4v) is 2.50. The Morgan fingerprint density at radius 3 is 2.87 bits per heavy atom. The van der Waals surface area contributed by atoms with Crippen molar-refractivity contribution in [3.8, 4) is 12.3 Å². The van der Waals surface area contributed by atoms with Crippen molar-refractivity contribution in [2.24, 2.45) is 0 Å². The van der Waals surface area contributed by atoms with Crippen molar-refractivity contribution in [3.63, 3.8) is 0 Å². The summed E-state index contributed by atoms with van der Waals surface area (Å²) in [5.41, 5.74) is 0.684. The van der Waals surface area contributed by atoms with Crippen LogP contribution in [0.3, 0.4) is 0 Å². The minimum absolute atomic E-state index is 0.238. The molecule has 15 heavy (non-hydrogen) atoms. The lowest BCUT2D eigenvalue weighted by atomic mass is 9.93. The third-order valence-electron chi connectivity index (χ3n) is 2.32. The van der Waals surface area contributed by atoms with Crippen LogP contribution in [0.15, 0.2) is 18.2 Å². The van der Waals surface area contributed by atoms with Gasteiger partial charge in [-0.25, -0.2) is 4.98 Å². The van der Waals surface area contributed by atoms with Crippen molar-refractivity contribution in [2.45, 2.75) is 19.3 Å². The maximum absolute atomic E-state index is 5.83. The molecule has 0 fully saturated rings. The molecule has 0 bridgehead atoms. The van der Waals surface area contributed by atoms with Crippen molar-refractivity contribution < 1.29 is 0 Å². The second-order valence-corrected chi connectivity index (χ2v) is 5.37. The first-order chi connectivity index (χ1) is 7.03. The fraction of sp³-hybridized carbons (Fsp3) is 0.250. The fourth-order valence-electron chi connectivity index (χ4n) is 1.28. The summed E-state index contributed by atoms with van der Waals surface area (Å²) in [6.07, 6.45) is 5.50. The first-order valence-electron chi connectivity index (χ1n) is 4.57. The lowest BCUT2D eigenvalue weighted by molar-refractivity contribution is 0.717. The average molecular weight is 236 g/mol. The number of halogens is 1. The monoisotopic (exact) mass is 235 g/mol. The molecule has 0 unspecified atom stereocenters. The molecule has 0 N–H and O–H groups in total. The van der Waals surface area contributed by atoms with Crippen molar-refractivity contribution in [1.82, 2.24) is 4.98 Å². The SMILES string of the molecule is C#CC(C)(C)c1cc2nc(Cl)ccc2s1. The van der Waals surface area contributed by atoms with E-state index in [1.807, 2.05) is 26.0 Å². The van der Waals surface area contributed by atoms with E-state index in [2.05, 4.69) is 10.9 Å². The molecular weight excluding hydrogens is 226 g/mol. The van der Waals surface area contributed by atoms with Crippen molar-refractivity contribution in [2.75, 3.05) is 0 Å². The van der Waals surface area contributed by atoms with Crippen molar-refractivity contribution in [3.05, 3.63) is 28.2 Å². The van der Waals surface area contributed by atoms with Gasteiger partial charge in [0.25, 0.3) is 0 Å². The molecule has 0 spiro atoms. The van der Waals surface area contributed by atoms with Crippen LogP contribution >= 0.6 is 22.9 Å². The molecule has 0 saturated heterocycles. The van der Waals surface area contributed by atoms with E-state index in [9.17, 15) is 0 Å². The number of hydrogen-bond donors (Lipinski definition) is 0. The Morgan fingerprint density at radius 1 is 1.47 bits per heavy atom. The topological polar surface area (TPSA) is 12.9 Å². The van der Waals surface area contributed by atoms with Crippen LogP contribution < -0.4 is 0 Å². The van der Waals surface area contributed by atoms with Crippen LogP contribution in [0, 0.1) is 12.3 Å². The summed E-state index contributed by atoms with van der Waals surface area (Å²) in [6, 6.07) is 5.80. The Kier molecular flexibility index (Phi) is 2.46. The molecule has 0 amide bonds. The molecule has 0 aliphatic rings. The highest BCUT2D eigenvalue weighted by Crippen LogP contribution is 2.33. The Balaban J connectivity index is 2.63. The number of rotatable bonds is 1. The molecule has 2 aromatic rings. The predicted octanol–water partition coefficient (Wildman–Crippen LogP) is 3.86. The van der Waals surface area contributed by atoms with E-state index < -0.39 is 0 Å². The van der Waals surface area contributed by atoms with Gasteiger partial charge in [-0.1, -0.05) is 17.5 Å². The van der Waals surface area contributed by atoms with Crippen LogP contribution in [0.1, 0.15) is 18.7 Å². The molecule has 1 nitrogen and oxygen atoms in total. The largest absolute Gasteiger partial charge is 0.235 e. The summed E-state index contributed by atoms with van der Waals surface area (Å²) in [6.45, 7) is 4.05. The summed E-state index contributed by atoms with van der Waals surface area (Å²) in [5, 5.41) is 0.519. The lowest BCUT2D eigenvalue weighted by Crippen LogP contribution is -2.11. The third-order valence-corrected chi connectivity index (χ3v) is 3.94. The van der Waals surface area contributed by atoms with Gasteiger partial charge in [0.05, 0.1) is 15.6 Å². The highest BCUT2D eigenvalue weighted by molar-refractivity contribution is 7.19. The van der Waals surface area contributed by atoms with E-state index in [1.165, 1.54) is 0 Å². The molecule has 0 radical (unpaired) electrons. The average Bonchev–Trinajstić information content (AvgIpc) is 2.61. The van der Waals surface area contributed by atoms with Gasteiger partial charge in [-0.15, -0.1) is 17.8 Å². The number of fused-ring (bicyclic) bond motifs is 1. The second-order valence-electron chi connectivity index (χ2n) is 3.90. The van der Waals surface area contributed by atoms with Gasteiger partial charge in [-0.3, -0.25) is 0 Å². The lowest BCUT2D eigenvalue weighted by Gasteiger charge is -2.13. The summed E-state index contributed by atoms with van der Waals surface area (Å²) in [7, 11) is 0. The standard InChI is InChI=1S/C12H10ClNS/c1-4-12(2,3)10-7-8-9(15-10)5-6-11(13)14-8/h1,5-7H,2-3H3. The summed E-state index contributed by atoms with van der Waals surface area (Å²) in [5.74, 6) is 2.78. The Bertz CT molecular complexity index is 548. The quantitative estimate of drug-likeness (QED) is 0.540. The zero-order valence-electron chi connectivity index (χ0n) is 8.54. The minimum atomic E-state index is -0.238. The van der Waals surface area contributed by atoms with E-state index in [-0.39, 0.29) is 5.41 Å². The molecule has 0 saturated carbocycles. The van der Waals surface area contributed by atoms with Crippen molar-refractivity contribution >= 4 is 33.2 Å². The first-order valence-corrected chi connectivity index (χ1v) is 5.77. The van der Waals surface area contributed by atoms with Gasteiger partial charge < -0.3 is 0 Å². The Morgan fingerprint density at radius 2 is 2.20 bits per heavy atom. The molecule has 2 aromatic heterocycles. The highest BCUT2D eigenvalue weighted by atomic mass is 35.5. The molecule has 0 aliphatic carbocycles. The molecule has 2 rings (SSSR count). The zero-order valence-corrected chi connectivity index (χ0v) is 10.1. The summed E-state index contributed by atoms with van der Waals surface area (Å²) >= 11 is 7.50. The smallest absolute Gasteiger partial charge is 0.129 e. The number of thiophene rings is 1. The van der Waals surface area contributed by atoms with Gasteiger partial charge in [0, 0.05) is 4.88 Å². The normalized spacial score (nSPS) is 11.6. The predicted molar refractivity (Wildman–Crippen MR) is 66.5 cm³/mol. The van der Waals surface area contributed by atoms with Crippen LogP contribution in [0.5, 0.6) is 0 Å². The number of pyridine rings is 1. The van der Waals surface area contributed by atoms with Gasteiger partial charge in [-0.2, -0.15) is 0 Å².